The van der Waals surface area contributed by atoms with Gasteiger partial charge in [-0.2, -0.15) is 10.2 Å². The summed E-state index contributed by atoms with van der Waals surface area (Å²) in [5.74, 6) is 0.683. The average Bonchev–Trinajstić information content (AvgIpc) is 3.09. The van der Waals surface area contributed by atoms with Gasteiger partial charge in [-0.05, 0) is 38.5 Å². The first kappa shape index (κ1) is 22.8. The summed E-state index contributed by atoms with van der Waals surface area (Å²) in [4.78, 5) is 27.0. The molecule has 0 amide bonds. The van der Waals surface area contributed by atoms with Gasteiger partial charge in [0.25, 0.3) is 0 Å². The van der Waals surface area contributed by atoms with Gasteiger partial charge >= 0.3 is 14.2 Å². The third-order valence-electron chi connectivity index (χ3n) is 4.70. The largest absolute Gasteiger partial charge is 0.436 e. The van der Waals surface area contributed by atoms with Crippen molar-refractivity contribution in [3.63, 3.8) is 0 Å². The summed E-state index contributed by atoms with van der Waals surface area (Å²) in [5, 5.41) is 12.7. The lowest BCUT2D eigenvalue weighted by Gasteiger charge is -2.23. The standard InChI is InChI=1S/C20H24N5O5P/c1-14(11-26)24-31(30-15-6-4-3-5-7-15)28-12-16-10-20(2,13-21)18(29-16)25-9-8-17(22)23-19(25)27/h3-9,11,14,16,18,24H,10,12H2,1-2H3,(H2,22,23,27). The third-order valence-corrected chi connectivity index (χ3v) is 6.08. The summed E-state index contributed by atoms with van der Waals surface area (Å²) in [6, 6.07) is 12.3. The molecule has 1 saturated heterocycles. The molecule has 0 bridgehead atoms. The maximum Gasteiger partial charge on any atom is 0.351 e. The normalized spacial score (nSPS) is 24.8. The second-order valence-electron chi connectivity index (χ2n) is 7.40. The number of aldehydes is 1. The Morgan fingerprint density at radius 1 is 1.48 bits per heavy atom. The van der Waals surface area contributed by atoms with Crippen LogP contribution in [0.2, 0.25) is 0 Å². The fourth-order valence-electron chi connectivity index (χ4n) is 3.14. The van der Waals surface area contributed by atoms with E-state index in [0.29, 0.717) is 12.2 Å². The van der Waals surface area contributed by atoms with Gasteiger partial charge in [0.05, 0.1) is 24.8 Å². The minimum Gasteiger partial charge on any atom is -0.436 e. The Balaban J connectivity index is 1.71. The number of para-hydroxylation sites is 1. The molecule has 2 aromatic rings. The molecule has 11 heteroatoms. The fourth-order valence-corrected chi connectivity index (χ4v) is 4.33. The van der Waals surface area contributed by atoms with Crippen molar-refractivity contribution in [3.05, 3.63) is 53.1 Å². The molecule has 0 radical (unpaired) electrons. The smallest absolute Gasteiger partial charge is 0.351 e. The summed E-state index contributed by atoms with van der Waals surface area (Å²) in [7, 11) is -1.65. The first-order valence-electron chi connectivity index (χ1n) is 9.63. The van der Waals surface area contributed by atoms with Crippen LogP contribution in [-0.4, -0.2) is 34.6 Å². The Bertz CT molecular complexity index is 997. The Morgan fingerprint density at radius 2 is 2.23 bits per heavy atom. The molecule has 3 rings (SSSR count). The number of nitrogens with two attached hydrogens (primary N) is 1. The maximum atomic E-state index is 12.3. The predicted octanol–water partition coefficient (Wildman–Crippen LogP) is 2.14. The lowest BCUT2D eigenvalue weighted by Crippen LogP contribution is -2.33. The van der Waals surface area contributed by atoms with Gasteiger partial charge in [0, 0.05) is 6.20 Å². The van der Waals surface area contributed by atoms with Gasteiger partial charge in [0.1, 0.15) is 23.3 Å². The van der Waals surface area contributed by atoms with Crippen LogP contribution in [0.5, 0.6) is 5.75 Å². The molecule has 31 heavy (non-hydrogen) atoms. The lowest BCUT2D eigenvalue weighted by molar-refractivity contribution is -0.108. The maximum absolute atomic E-state index is 12.3. The quantitative estimate of drug-likeness (QED) is 0.438. The molecular weight excluding hydrogens is 421 g/mol. The number of nitrogens with zero attached hydrogens (tertiary/aromatic N) is 3. The van der Waals surface area contributed by atoms with Crippen LogP contribution in [0, 0.1) is 16.7 Å². The van der Waals surface area contributed by atoms with E-state index in [1.54, 1.807) is 26.0 Å². The van der Waals surface area contributed by atoms with Crippen LogP contribution >= 0.6 is 8.53 Å². The predicted molar refractivity (Wildman–Crippen MR) is 114 cm³/mol. The van der Waals surface area contributed by atoms with Crippen molar-refractivity contribution in [2.75, 3.05) is 12.3 Å². The SMILES string of the molecule is CC(C=O)NP(OCC1CC(C)(C#N)C(n2ccc(N)nc2=O)O1)Oc1ccccc1. The molecule has 3 N–H and O–H groups in total. The van der Waals surface area contributed by atoms with Crippen LogP contribution in [0.1, 0.15) is 26.5 Å². The van der Waals surface area contributed by atoms with Crippen LogP contribution in [-0.2, 0) is 14.1 Å². The third kappa shape index (κ3) is 5.66. The summed E-state index contributed by atoms with van der Waals surface area (Å²) in [5.41, 5.74) is 3.99. The molecule has 1 aliphatic rings. The molecule has 1 aromatic carbocycles. The molecule has 1 aliphatic heterocycles. The number of nitrogen functional groups attached to an aromatic ring is 1. The van der Waals surface area contributed by atoms with E-state index in [-0.39, 0.29) is 12.4 Å². The molecule has 164 valence electrons. The Morgan fingerprint density at radius 3 is 2.87 bits per heavy atom. The van der Waals surface area contributed by atoms with Crippen LogP contribution in [0.4, 0.5) is 5.82 Å². The van der Waals surface area contributed by atoms with Crippen LogP contribution < -0.4 is 21.0 Å². The van der Waals surface area contributed by atoms with E-state index in [9.17, 15) is 14.9 Å². The molecule has 0 aliphatic carbocycles. The van der Waals surface area contributed by atoms with Gasteiger partial charge in [-0.25, -0.2) is 9.88 Å². The minimum atomic E-state index is -1.65. The first-order valence-corrected chi connectivity index (χ1v) is 10.8. The summed E-state index contributed by atoms with van der Waals surface area (Å²) >= 11 is 0. The van der Waals surface area contributed by atoms with Gasteiger partial charge in [0.15, 0.2) is 6.23 Å². The number of hydrogen-bond donors (Lipinski definition) is 2. The van der Waals surface area contributed by atoms with E-state index < -0.39 is 38.0 Å². The van der Waals surface area contributed by atoms with Gasteiger partial charge in [-0.15, -0.1) is 0 Å². The average molecular weight is 445 g/mol. The number of nitrogens with one attached hydrogen (secondary N) is 1. The van der Waals surface area contributed by atoms with Crippen molar-refractivity contribution in [1.29, 1.82) is 5.26 Å². The number of carbonyl (C=O) groups is 1. The number of hydrogen-bond acceptors (Lipinski definition) is 9. The number of nitriles is 1. The fraction of sp³-hybridized carbons (Fsp3) is 0.400. The molecule has 5 unspecified atom stereocenters. The highest BCUT2D eigenvalue weighted by Crippen LogP contribution is 2.45. The van der Waals surface area contributed by atoms with E-state index in [0.717, 1.165) is 6.29 Å². The highest BCUT2D eigenvalue weighted by molar-refractivity contribution is 7.45. The number of anilines is 1. The van der Waals surface area contributed by atoms with E-state index in [1.165, 1.54) is 16.8 Å². The van der Waals surface area contributed by atoms with E-state index in [2.05, 4.69) is 16.1 Å². The van der Waals surface area contributed by atoms with Crippen LogP contribution in [0.3, 0.4) is 0 Å². The van der Waals surface area contributed by atoms with Crippen molar-refractivity contribution in [2.45, 2.75) is 38.6 Å². The number of carbonyl (C=O) groups excluding carboxylic acids is 1. The molecular formula is C20H24N5O5P. The summed E-state index contributed by atoms with van der Waals surface area (Å²) < 4.78 is 19.0. The number of rotatable bonds is 9. The van der Waals surface area contributed by atoms with Crippen molar-refractivity contribution in [3.8, 4) is 11.8 Å². The molecule has 0 spiro atoms. The zero-order valence-electron chi connectivity index (χ0n) is 17.2. The van der Waals surface area contributed by atoms with E-state index in [1.807, 2.05) is 18.2 Å². The molecule has 1 fully saturated rings. The zero-order chi connectivity index (χ0) is 22.4. The van der Waals surface area contributed by atoms with Gasteiger partial charge in [-0.3, -0.25) is 4.57 Å². The second kappa shape index (κ2) is 9.98. The van der Waals surface area contributed by atoms with Crippen LogP contribution in [0.25, 0.3) is 0 Å². The highest BCUT2D eigenvalue weighted by atomic mass is 31.2. The highest BCUT2D eigenvalue weighted by Gasteiger charge is 2.47. The molecule has 1 aromatic heterocycles. The second-order valence-corrected chi connectivity index (χ2v) is 8.61. The van der Waals surface area contributed by atoms with Crippen molar-refractivity contribution in [1.82, 2.24) is 14.6 Å². The van der Waals surface area contributed by atoms with Gasteiger partial charge < -0.3 is 24.3 Å². The number of aromatic nitrogens is 2. The molecule has 5 atom stereocenters. The minimum absolute atomic E-state index is 0.0943. The van der Waals surface area contributed by atoms with Gasteiger partial charge in [-0.1, -0.05) is 18.2 Å². The number of ether oxygens (including phenoxy) is 1. The molecule has 0 saturated carbocycles. The first-order chi connectivity index (χ1) is 14.8. The summed E-state index contributed by atoms with van der Waals surface area (Å²) in [6.07, 6.45) is 1.24. The molecule has 2 heterocycles. The summed E-state index contributed by atoms with van der Waals surface area (Å²) in [6.45, 7) is 3.51. The monoisotopic (exact) mass is 445 g/mol. The van der Waals surface area contributed by atoms with E-state index >= 15 is 0 Å². The Labute approximate surface area is 180 Å². The topological polar surface area (TPSA) is 141 Å². The van der Waals surface area contributed by atoms with Gasteiger partial charge in [0.2, 0.25) is 0 Å². The van der Waals surface area contributed by atoms with Crippen molar-refractivity contribution < 1.29 is 18.6 Å². The van der Waals surface area contributed by atoms with E-state index in [4.69, 9.17) is 19.5 Å². The zero-order valence-corrected chi connectivity index (χ0v) is 18.1. The Kier molecular flexibility index (Phi) is 7.36. The lowest BCUT2D eigenvalue weighted by atomic mass is 9.87. The Hall–Kier alpha value is -2.83. The van der Waals surface area contributed by atoms with Crippen LogP contribution in [0.15, 0.2) is 47.4 Å². The number of benzene rings is 1. The molecule has 10 nitrogen and oxygen atoms in total. The van der Waals surface area contributed by atoms with Crippen molar-refractivity contribution in [2.24, 2.45) is 5.41 Å². The van der Waals surface area contributed by atoms with Crippen molar-refractivity contribution >= 4 is 20.6 Å².